The Labute approximate surface area is 68.2 Å². The Morgan fingerprint density at radius 3 is 2.45 bits per heavy atom. The molecule has 0 saturated carbocycles. The normalized spacial score (nSPS) is 10.5. The van der Waals surface area contributed by atoms with E-state index < -0.39 is 0 Å². The van der Waals surface area contributed by atoms with Gasteiger partial charge >= 0.3 is 0 Å². The van der Waals surface area contributed by atoms with Gasteiger partial charge in [-0.05, 0) is 24.5 Å². The predicted molar refractivity (Wildman–Crippen MR) is 48.1 cm³/mol. The van der Waals surface area contributed by atoms with E-state index in [1.54, 1.807) is 0 Å². The van der Waals surface area contributed by atoms with E-state index in [0.717, 1.165) is 12.5 Å². The van der Waals surface area contributed by atoms with E-state index in [4.69, 9.17) is 0 Å². The van der Waals surface area contributed by atoms with Gasteiger partial charge < -0.3 is 5.43 Å². The number of hydrogen-bond acceptors (Lipinski definition) is 1. The maximum atomic E-state index is 3.27. The van der Waals surface area contributed by atoms with E-state index >= 15 is 0 Å². The Morgan fingerprint density at radius 2 is 1.91 bits per heavy atom. The molecule has 0 amide bonds. The van der Waals surface area contributed by atoms with Crippen molar-refractivity contribution in [2.24, 2.45) is 5.92 Å². The molecule has 1 aromatic rings. The fourth-order valence-electron chi connectivity index (χ4n) is 0.922. The van der Waals surface area contributed by atoms with Crippen LogP contribution in [0.15, 0.2) is 24.5 Å². The van der Waals surface area contributed by atoms with Crippen LogP contribution in [0.4, 0.5) is 0 Å². The summed E-state index contributed by atoms with van der Waals surface area (Å²) in [6, 6.07) is 4.03. The van der Waals surface area contributed by atoms with E-state index in [-0.39, 0.29) is 0 Å². The Kier molecular flexibility index (Phi) is 3.02. The van der Waals surface area contributed by atoms with E-state index in [1.165, 1.54) is 6.42 Å². The van der Waals surface area contributed by atoms with Gasteiger partial charge in [0, 0.05) is 18.9 Å². The lowest BCUT2D eigenvalue weighted by atomic mass is 10.1. The van der Waals surface area contributed by atoms with Gasteiger partial charge in [0.25, 0.3) is 0 Å². The Bertz CT molecular complexity index is 177. The monoisotopic (exact) mass is 152 g/mol. The minimum atomic E-state index is 0.776. The van der Waals surface area contributed by atoms with Gasteiger partial charge in [0.05, 0.1) is 0 Å². The van der Waals surface area contributed by atoms with Crippen LogP contribution in [0, 0.1) is 5.92 Å². The SMILES string of the molecule is CC(C)CCNn1cccc1. The first-order chi connectivity index (χ1) is 5.29. The summed E-state index contributed by atoms with van der Waals surface area (Å²) >= 11 is 0. The molecule has 0 saturated heterocycles. The van der Waals surface area contributed by atoms with Crippen molar-refractivity contribution in [1.82, 2.24) is 4.68 Å². The first kappa shape index (κ1) is 8.18. The van der Waals surface area contributed by atoms with Gasteiger partial charge in [0.1, 0.15) is 0 Å². The van der Waals surface area contributed by atoms with E-state index in [2.05, 4.69) is 19.3 Å². The zero-order valence-corrected chi connectivity index (χ0v) is 7.25. The van der Waals surface area contributed by atoms with Gasteiger partial charge in [-0.2, -0.15) is 0 Å². The number of rotatable bonds is 4. The summed E-state index contributed by atoms with van der Waals surface area (Å²) in [5, 5.41) is 0. The topological polar surface area (TPSA) is 17.0 Å². The highest BCUT2D eigenvalue weighted by Crippen LogP contribution is 1.97. The number of hydrogen-bond donors (Lipinski definition) is 1. The molecule has 0 unspecified atom stereocenters. The van der Waals surface area contributed by atoms with Gasteiger partial charge in [-0.3, -0.25) is 4.68 Å². The van der Waals surface area contributed by atoms with Gasteiger partial charge in [-0.1, -0.05) is 13.8 Å². The Balaban J connectivity index is 2.14. The zero-order valence-electron chi connectivity index (χ0n) is 7.25. The third-order valence-electron chi connectivity index (χ3n) is 1.62. The molecule has 0 bridgehead atoms. The maximum Gasteiger partial charge on any atom is 0.0316 e. The van der Waals surface area contributed by atoms with Crippen molar-refractivity contribution in [2.75, 3.05) is 12.0 Å². The summed E-state index contributed by atoms with van der Waals surface area (Å²) < 4.78 is 1.99. The molecule has 0 fully saturated rings. The molecule has 2 heteroatoms. The smallest absolute Gasteiger partial charge is 0.0316 e. The minimum Gasteiger partial charge on any atom is -0.326 e. The average Bonchev–Trinajstić information content (AvgIpc) is 2.39. The Morgan fingerprint density at radius 1 is 1.27 bits per heavy atom. The van der Waals surface area contributed by atoms with Crippen molar-refractivity contribution in [1.29, 1.82) is 0 Å². The van der Waals surface area contributed by atoms with Crippen molar-refractivity contribution in [3.05, 3.63) is 24.5 Å². The third-order valence-corrected chi connectivity index (χ3v) is 1.62. The lowest BCUT2D eigenvalue weighted by Gasteiger charge is -2.08. The summed E-state index contributed by atoms with van der Waals surface area (Å²) in [4.78, 5) is 0. The van der Waals surface area contributed by atoms with Gasteiger partial charge in [0.15, 0.2) is 0 Å². The van der Waals surface area contributed by atoms with Crippen LogP contribution in [-0.2, 0) is 0 Å². The Hall–Kier alpha value is -0.920. The lowest BCUT2D eigenvalue weighted by molar-refractivity contribution is 0.589. The van der Waals surface area contributed by atoms with Crippen molar-refractivity contribution in [3.8, 4) is 0 Å². The van der Waals surface area contributed by atoms with E-state index in [0.29, 0.717) is 0 Å². The van der Waals surface area contributed by atoms with E-state index in [1.807, 2.05) is 29.2 Å². The molecule has 0 aliphatic carbocycles. The molecule has 0 aliphatic heterocycles. The summed E-state index contributed by atoms with van der Waals surface area (Å²) in [6.07, 6.45) is 5.25. The molecule has 0 aliphatic rings. The van der Waals surface area contributed by atoms with Crippen LogP contribution >= 0.6 is 0 Å². The fourth-order valence-corrected chi connectivity index (χ4v) is 0.922. The third kappa shape index (κ3) is 3.12. The van der Waals surface area contributed by atoms with Crippen LogP contribution in [0.5, 0.6) is 0 Å². The largest absolute Gasteiger partial charge is 0.326 e. The number of aromatic nitrogens is 1. The highest BCUT2D eigenvalue weighted by molar-refractivity contribution is 4.92. The molecule has 1 rings (SSSR count). The second kappa shape index (κ2) is 4.06. The first-order valence-corrected chi connectivity index (χ1v) is 4.16. The van der Waals surface area contributed by atoms with E-state index in [9.17, 15) is 0 Å². The van der Waals surface area contributed by atoms with Crippen LogP contribution in [0.3, 0.4) is 0 Å². The highest BCUT2D eigenvalue weighted by atomic mass is 15.4. The molecular formula is C9H16N2. The standard InChI is InChI=1S/C9H16N2/c1-9(2)5-6-10-11-7-3-4-8-11/h3-4,7-10H,5-6H2,1-2H3. The molecular weight excluding hydrogens is 136 g/mol. The summed E-state index contributed by atoms with van der Waals surface area (Å²) in [5.41, 5.74) is 3.27. The molecule has 0 aromatic carbocycles. The van der Waals surface area contributed by atoms with Crippen LogP contribution in [0.25, 0.3) is 0 Å². The molecule has 1 aromatic heterocycles. The zero-order chi connectivity index (χ0) is 8.10. The van der Waals surface area contributed by atoms with Gasteiger partial charge in [-0.15, -0.1) is 0 Å². The molecule has 2 nitrogen and oxygen atoms in total. The van der Waals surface area contributed by atoms with Crippen molar-refractivity contribution >= 4 is 0 Å². The fraction of sp³-hybridized carbons (Fsp3) is 0.556. The molecule has 11 heavy (non-hydrogen) atoms. The lowest BCUT2D eigenvalue weighted by Crippen LogP contribution is -2.14. The van der Waals surface area contributed by atoms with Crippen LogP contribution in [-0.4, -0.2) is 11.2 Å². The number of nitrogens with one attached hydrogen (secondary N) is 1. The quantitative estimate of drug-likeness (QED) is 0.699. The molecule has 62 valence electrons. The van der Waals surface area contributed by atoms with Gasteiger partial charge in [-0.25, -0.2) is 0 Å². The second-order valence-electron chi connectivity index (χ2n) is 3.18. The molecule has 0 atom stereocenters. The first-order valence-electron chi connectivity index (χ1n) is 4.16. The summed E-state index contributed by atoms with van der Waals surface area (Å²) in [5.74, 6) is 0.776. The molecule has 1 N–H and O–H groups in total. The van der Waals surface area contributed by atoms with Crippen molar-refractivity contribution in [2.45, 2.75) is 20.3 Å². The summed E-state index contributed by atoms with van der Waals surface area (Å²) in [7, 11) is 0. The average molecular weight is 152 g/mol. The minimum absolute atomic E-state index is 0.776. The molecule has 0 spiro atoms. The summed E-state index contributed by atoms with van der Waals surface area (Å²) in [6.45, 7) is 5.51. The van der Waals surface area contributed by atoms with Crippen molar-refractivity contribution < 1.29 is 0 Å². The van der Waals surface area contributed by atoms with Crippen LogP contribution < -0.4 is 5.43 Å². The predicted octanol–water partition coefficient (Wildman–Crippen LogP) is 2.08. The van der Waals surface area contributed by atoms with Crippen LogP contribution in [0.2, 0.25) is 0 Å². The van der Waals surface area contributed by atoms with Gasteiger partial charge in [0.2, 0.25) is 0 Å². The number of nitrogens with zero attached hydrogens (tertiary/aromatic N) is 1. The molecule has 0 radical (unpaired) electrons. The highest BCUT2D eigenvalue weighted by Gasteiger charge is 1.91. The van der Waals surface area contributed by atoms with Crippen molar-refractivity contribution in [3.63, 3.8) is 0 Å². The van der Waals surface area contributed by atoms with Crippen LogP contribution in [0.1, 0.15) is 20.3 Å². The molecule has 1 heterocycles. The second-order valence-corrected chi connectivity index (χ2v) is 3.18. The maximum absolute atomic E-state index is 3.27.